The van der Waals surface area contributed by atoms with Gasteiger partial charge in [0.05, 0.1) is 19.3 Å². The van der Waals surface area contributed by atoms with E-state index in [9.17, 15) is 5.11 Å². The maximum Gasteiger partial charge on any atom is 0.116 e. The highest BCUT2D eigenvalue weighted by molar-refractivity contribution is 5.97. The topological polar surface area (TPSA) is 47.3 Å². The Morgan fingerprint density at radius 1 is 1.25 bits per heavy atom. The minimum atomic E-state index is 0.267. The highest BCUT2D eigenvalue weighted by atomic mass is 16.5. The number of nitrogens with zero attached hydrogens (tertiary/aromatic N) is 2. The summed E-state index contributed by atoms with van der Waals surface area (Å²) in [7, 11) is 1.67. The first-order valence-corrected chi connectivity index (χ1v) is 6.51. The lowest BCUT2D eigenvalue weighted by molar-refractivity contribution is 0.183. The Morgan fingerprint density at radius 2 is 2.10 bits per heavy atom. The van der Waals surface area contributed by atoms with Gasteiger partial charge in [-0.1, -0.05) is 24.3 Å². The van der Waals surface area contributed by atoms with Gasteiger partial charge in [-0.2, -0.15) is 5.10 Å². The summed E-state index contributed by atoms with van der Waals surface area (Å²) >= 11 is 0. The van der Waals surface area contributed by atoms with Gasteiger partial charge in [0.2, 0.25) is 0 Å². The molecule has 4 heteroatoms. The molecular weight excluding hydrogens is 252 g/mol. The Balaban J connectivity index is 2.07. The molecule has 0 saturated carbocycles. The minimum absolute atomic E-state index is 0.267. The molecule has 0 radical (unpaired) electrons. The van der Waals surface area contributed by atoms with E-state index in [0.29, 0.717) is 13.2 Å². The number of rotatable bonds is 4. The number of aromatic nitrogens is 2. The number of phenols is 1. The predicted molar refractivity (Wildman–Crippen MR) is 78.7 cm³/mol. The fourth-order valence-corrected chi connectivity index (χ4v) is 2.34. The van der Waals surface area contributed by atoms with Crippen molar-refractivity contribution in [3.05, 3.63) is 48.8 Å². The van der Waals surface area contributed by atoms with Crippen LogP contribution in [0.3, 0.4) is 0 Å². The summed E-state index contributed by atoms with van der Waals surface area (Å²) in [5.41, 5.74) is 1.98. The SMILES string of the molecule is COCCn1cc(-c2cc(O)cc3ccccc23)cn1. The molecule has 0 saturated heterocycles. The summed E-state index contributed by atoms with van der Waals surface area (Å²) < 4.78 is 6.89. The number of aromatic hydroxyl groups is 1. The molecule has 1 heterocycles. The van der Waals surface area contributed by atoms with Crippen molar-refractivity contribution < 1.29 is 9.84 Å². The molecule has 0 atom stereocenters. The van der Waals surface area contributed by atoms with E-state index in [1.807, 2.05) is 35.3 Å². The van der Waals surface area contributed by atoms with E-state index in [1.165, 1.54) is 0 Å². The van der Waals surface area contributed by atoms with Crippen LogP contribution in [0.25, 0.3) is 21.9 Å². The highest BCUT2D eigenvalue weighted by Gasteiger charge is 2.08. The molecule has 0 bridgehead atoms. The molecule has 1 N–H and O–H groups in total. The molecule has 20 heavy (non-hydrogen) atoms. The van der Waals surface area contributed by atoms with Crippen LogP contribution in [0.1, 0.15) is 0 Å². The van der Waals surface area contributed by atoms with E-state index in [2.05, 4.69) is 11.2 Å². The Morgan fingerprint density at radius 3 is 2.95 bits per heavy atom. The molecule has 0 aliphatic rings. The Labute approximate surface area is 117 Å². The highest BCUT2D eigenvalue weighted by Crippen LogP contribution is 2.32. The van der Waals surface area contributed by atoms with Crippen LogP contribution in [-0.4, -0.2) is 28.6 Å². The van der Waals surface area contributed by atoms with Gasteiger partial charge in [0, 0.05) is 18.9 Å². The normalized spacial score (nSPS) is 11.1. The molecule has 102 valence electrons. The number of ether oxygens (including phenoxy) is 1. The van der Waals surface area contributed by atoms with Crippen LogP contribution < -0.4 is 0 Å². The third kappa shape index (κ3) is 2.38. The van der Waals surface area contributed by atoms with Crippen LogP contribution >= 0.6 is 0 Å². The second-order valence-corrected chi connectivity index (χ2v) is 4.70. The monoisotopic (exact) mass is 268 g/mol. The van der Waals surface area contributed by atoms with Crippen molar-refractivity contribution >= 4 is 10.8 Å². The van der Waals surface area contributed by atoms with Crippen molar-refractivity contribution in [1.82, 2.24) is 9.78 Å². The van der Waals surface area contributed by atoms with E-state index in [0.717, 1.165) is 21.9 Å². The molecule has 3 rings (SSSR count). The molecule has 0 fully saturated rings. The lowest BCUT2D eigenvalue weighted by atomic mass is 10.0. The van der Waals surface area contributed by atoms with Gasteiger partial charge < -0.3 is 9.84 Å². The van der Waals surface area contributed by atoms with Gasteiger partial charge in [-0.05, 0) is 28.5 Å². The molecule has 0 aliphatic carbocycles. The van der Waals surface area contributed by atoms with Crippen LogP contribution in [0, 0.1) is 0 Å². The molecule has 1 aromatic heterocycles. The largest absolute Gasteiger partial charge is 0.508 e. The second kappa shape index (κ2) is 5.35. The van der Waals surface area contributed by atoms with Crippen molar-refractivity contribution in [1.29, 1.82) is 0 Å². The van der Waals surface area contributed by atoms with Gasteiger partial charge in [0.1, 0.15) is 5.75 Å². The van der Waals surface area contributed by atoms with Gasteiger partial charge in [-0.15, -0.1) is 0 Å². The molecule has 0 amide bonds. The molecule has 0 unspecified atom stereocenters. The lowest BCUT2D eigenvalue weighted by Crippen LogP contribution is -2.03. The van der Waals surface area contributed by atoms with E-state index < -0.39 is 0 Å². The summed E-state index contributed by atoms with van der Waals surface area (Å²) in [4.78, 5) is 0. The van der Waals surface area contributed by atoms with E-state index in [-0.39, 0.29) is 5.75 Å². The molecule has 3 aromatic rings. The summed E-state index contributed by atoms with van der Waals surface area (Å²) in [6, 6.07) is 11.6. The van der Waals surface area contributed by atoms with E-state index in [1.54, 1.807) is 19.2 Å². The quantitative estimate of drug-likeness (QED) is 0.791. The maximum atomic E-state index is 9.87. The van der Waals surface area contributed by atoms with Crippen LogP contribution in [0.4, 0.5) is 0 Å². The number of hydrogen-bond donors (Lipinski definition) is 1. The minimum Gasteiger partial charge on any atom is -0.508 e. The number of hydrogen-bond acceptors (Lipinski definition) is 3. The fourth-order valence-electron chi connectivity index (χ4n) is 2.34. The van der Waals surface area contributed by atoms with Crippen LogP contribution in [0.15, 0.2) is 48.8 Å². The van der Waals surface area contributed by atoms with Crippen molar-refractivity contribution in [3.8, 4) is 16.9 Å². The number of fused-ring (bicyclic) bond motifs is 1. The number of benzene rings is 2. The van der Waals surface area contributed by atoms with Gasteiger partial charge in [0.15, 0.2) is 0 Å². The Kier molecular flexibility index (Phi) is 3.39. The van der Waals surface area contributed by atoms with Crippen LogP contribution in [-0.2, 0) is 11.3 Å². The molecule has 4 nitrogen and oxygen atoms in total. The van der Waals surface area contributed by atoms with Gasteiger partial charge >= 0.3 is 0 Å². The fraction of sp³-hybridized carbons (Fsp3) is 0.188. The first-order valence-electron chi connectivity index (χ1n) is 6.51. The Bertz CT molecular complexity index is 734. The zero-order valence-electron chi connectivity index (χ0n) is 11.3. The summed E-state index contributed by atoms with van der Waals surface area (Å²) in [6.45, 7) is 1.34. The molecule has 2 aromatic carbocycles. The second-order valence-electron chi connectivity index (χ2n) is 4.70. The van der Waals surface area contributed by atoms with Crippen molar-refractivity contribution in [3.63, 3.8) is 0 Å². The molecule has 0 aliphatic heterocycles. The summed E-state index contributed by atoms with van der Waals surface area (Å²) in [6.07, 6.45) is 3.79. The average molecular weight is 268 g/mol. The summed E-state index contributed by atoms with van der Waals surface area (Å²) in [5, 5.41) is 16.3. The lowest BCUT2D eigenvalue weighted by Gasteiger charge is -2.06. The van der Waals surface area contributed by atoms with Gasteiger partial charge in [0.25, 0.3) is 0 Å². The number of methoxy groups -OCH3 is 1. The van der Waals surface area contributed by atoms with E-state index in [4.69, 9.17) is 4.74 Å². The van der Waals surface area contributed by atoms with Crippen molar-refractivity contribution in [2.24, 2.45) is 0 Å². The van der Waals surface area contributed by atoms with E-state index >= 15 is 0 Å². The zero-order chi connectivity index (χ0) is 13.9. The van der Waals surface area contributed by atoms with Gasteiger partial charge in [-0.3, -0.25) is 4.68 Å². The van der Waals surface area contributed by atoms with Crippen LogP contribution in [0.2, 0.25) is 0 Å². The Hall–Kier alpha value is -2.33. The van der Waals surface area contributed by atoms with Crippen LogP contribution in [0.5, 0.6) is 5.75 Å². The van der Waals surface area contributed by atoms with Crippen molar-refractivity contribution in [2.75, 3.05) is 13.7 Å². The maximum absolute atomic E-state index is 9.87. The summed E-state index contributed by atoms with van der Waals surface area (Å²) in [5.74, 6) is 0.267. The predicted octanol–water partition coefficient (Wildman–Crippen LogP) is 3.06. The molecule has 0 spiro atoms. The standard InChI is InChI=1S/C16H16N2O2/c1-20-7-6-18-11-13(10-17-18)16-9-14(19)8-12-4-2-3-5-15(12)16/h2-5,8-11,19H,6-7H2,1H3. The molecular formula is C16H16N2O2. The van der Waals surface area contributed by atoms with Gasteiger partial charge in [-0.25, -0.2) is 0 Å². The third-order valence-corrected chi connectivity index (χ3v) is 3.32. The number of phenolic OH excluding ortho intramolecular Hbond substituents is 1. The third-order valence-electron chi connectivity index (χ3n) is 3.32. The average Bonchev–Trinajstić information content (AvgIpc) is 2.93. The first kappa shape index (κ1) is 12.7. The van der Waals surface area contributed by atoms with Crippen molar-refractivity contribution in [2.45, 2.75) is 6.54 Å². The zero-order valence-corrected chi connectivity index (χ0v) is 11.3. The first-order chi connectivity index (χ1) is 9.78. The smallest absolute Gasteiger partial charge is 0.116 e.